The Bertz CT molecular complexity index is 479. The maximum absolute atomic E-state index is 4.97. The van der Waals surface area contributed by atoms with Crippen LogP contribution in [0.3, 0.4) is 0 Å². The molecule has 2 atom stereocenters. The van der Waals surface area contributed by atoms with Gasteiger partial charge in [0.25, 0.3) is 0 Å². The van der Waals surface area contributed by atoms with Gasteiger partial charge in [0.2, 0.25) is 0 Å². The molecule has 2 unspecified atom stereocenters. The summed E-state index contributed by atoms with van der Waals surface area (Å²) in [6.07, 6.45) is 6.60. The lowest BCUT2D eigenvalue weighted by Crippen LogP contribution is -2.08. The lowest BCUT2D eigenvalue weighted by molar-refractivity contribution is 0.582. The molecule has 1 aliphatic heterocycles. The van der Waals surface area contributed by atoms with Gasteiger partial charge in [-0.2, -0.15) is 0 Å². The Hall–Kier alpha value is -0.960. The van der Waals surface area contributed by atoms with E-state index in [1.807, 2.05) is 0 Å². The first-order valence-electron chi connectivity index (χ1n) is 7.41. The quantitative estimate of drug-likeness (QED) is 0.868. The molecule has 0 aromatic carbocycles. The van der Waals surface area contributed by atoms with Crippen molar-refractivity contribution >= 4 is 0 Å². The van der Waals surface area contributed by atoms with Gasteiger partial charge >= 0.3 is 0 Å². The molecular formula is C15H21N3. The van der Waals surface area contributed by atoms with E-state index in [2.05, 4.69) is 12.2 Å². The van der Waals surface area contributed by atoms with Crippen LogP contribution < -0.4 is 5.32 Å². The molecule has 1 aromatic rings. The van der Waals surface area contributed by atoms with Crippen LogP contribution in [0.1, 0.15) is 73.6 Å². The van der Waals surface area contributed by atoms with E-state index < -0.39 is 0 Å². The van der Waals surface area contributed by atoms with Crippen LogP contribution in [0.2, 0.25) is 0 Å². The molecule has 2 aliphatic carbocycles. The van der Waals surface area contributed by atoms with Gasteiger partial charge in [-0.1, -0.05) is 6.92 Å². The number of hydrogen-bond acceptors (Lipinski definition) is 3. The van der Waals surface area contributed by atoms with Gasteiger partial charge in [-0.3, -0.25) is 0 Å². The van der Waals surface area contributed by atoms with E-state index in [9.17, 15) is 0 Å². The van der Waals surface area contributed by atoms with E-state index in [0.717, 1.165) is 30.7 Å². The molecule has 1 aromatic heterocycles. The molecule has 0 spiro atoms. The van der Waals surface area contributed by atoms with Gasteiger partial charge in [-0.05, 0) is 38.0 Å². The van der Waals surface area contributed by atoms with E-state index in [-0.39, 0.29) is 0 Å². The number of hydrogen-bond donors (Lipinski definition) is 1. The second-order valence-electron chi connectivity index (χ2n) is 6.39. The molecule has 3 nitrogen and oxygen atoms in total. The summed E-state index contributed by atoms with van der Waals surface area (Å²) in [5.74, 6) is 3.39. The Morgan fingerprint density at radius 3 is 2.56 bits per heavy atom. The van der Waals surface area contributed by atoms with Gasteiger partial charge in [-0.15, -0.1) is 0 Å². The highest BCUT2D eigenvalue weighted by Gasteiger charge is 2.33. The van der Waals surface area contributed by atoms with E-state index in [1.165, 1.54) is 49.1 Å². The third-order valence-corrected chi connectivity index (χ3v) is 4.76. The third-order valence-electron chi connectivity index (χ3n) is 4.76. The first kappa shape index (κ1) is 10.9. The zero-order valence-electron chi connectivity index (χ0n) is 11.1. The fraction of sp³-hybridized carbons (Fsp3) is 0.733. The Morgan fingerprint density at radius 1 is 1.00 bits per heavy atom. The predicted molar refractivity (Wildman–Crippen MR) is 70.3 cm³/mol. The minimum Gasteiger partial charge on any atom is -0.307 e. The van der Waals surface area contributed by atoms with Crippen LogP contribution in [0.25, 0.3) is 0 Å². The van der Waals surface area contributed by atoms with Crippen molar-refractivity contribution in [3.05, 3.63) is 22.8 Å². The minimum absolute atomic E-state index is 0.628. The van der Waals surface area contributed by atoms with Crippen LogP contribution >= 0.6 is 0 Å². The monoisotopic (exact) mass is 243 g/mol. The van der Waals surface area contributed by atoms with Crippen molar-refractivity contribution in [2.45, 2.75) is 64.0 Å². The third kappa shape index (κ3) is 1.76. The van der Waals surface area contributed by atoms with Gasteiger partial charge in [-0.25, -0.2) is 9.97 Å². The van der Waals surface area contributed by atoms with E-state index in [1.54, 1.807) is 0 Å². The Morgan fingerprint density at radius 2 is 1.83 bits per heavy atom. The number of aromatic nitrogens is 2. The summed E-state index contributed by atoms with van der Waals surface area (Å²) in [7, 11) is 0. The number of rotatable bonds is 2. The minimum atomic E-state index is 0.628. The second-order valence-corrected chi connectivity index (χ2v) is 6.39. The maximum Gasteiger partial charge on any atom is 0.132 e. The van der Waals surface area contributed by atoms with Crippen LogP contribution in [0.4, 0.5) is 0 Å². The molecule has 2 fully saturated rings. The molecule has 0 saturated heterocycles. The maximum atomic E-state index is 4.97. The summed E-state index contributed by atoms with van der Waals surface area (Å²) in [6, 6.07) is 0. The fourth-order valence-electron chi connectivity index (χ4n) is 3.53. The molecule has 0 bridgehead atoms. The van der Waals surface area contributed by atoms with Crippen molar-refractivity contribution in [2.24, 2.45) is 5.92 Å². The number of fused-ring (bicyclic) bond motifs is 1. The summed E-state index contributed by atoms with van der Waals surface area (Å²) in [4.78, 5) is 9.84. The summed E-state index contributed by atoms with van der Waals surface area (Å²) >= 11 is 0. The molecule has 2 saturated carbocycles. The van der Waals surface area contributed by atoms with E-state index >= 15 is 0 Å². The highest BCUT2D eigenvalue weighted by molar-refractivity contribution is 5.34. The lowest BCUT2D eigenvalue weighted by atomic mass is 10.0. The zero-order chi connectivity index (χ0) is 12.1. The largest absolute Gasteiger partial charge is 0.307 e. The molecule has 1 N–H and O–H groups in total. The van der Waals surface area contributed by atoms with Gasteiger partial charge in [0.1, 0.15) is 5.82 Å². The van der Waals surface area contributed by atoms with Gasteiger partial charge in [0.15, 0.2) is 0 Å². The van der Waals surface area contributed by atoms with Crippen molar-refractivity contribution in [1.29, 1.82) is 0 Å². The van der Waals surface area contributed by atoms with Crippen LogP contribution in [0.15, 0.2) is 0 Å². The van der Waals surface area contributed by atoms with Crippen LogP contribution in [-0.2, 0) is 13.1 Å². The summed E-state index contributed by atoms with van der Waals surface area (Å²) in [5, 5.41) is 3.43. The molecule has 0 radical (unpaired) electrons. The molecule has 3 heteroatoms. The highest BCUT2D eigenvalue weighted by atomic mass is 15.0. The SMILES string of the molecule is CC1CCC(c2nc3c(c(C4CC4)n2)CNC3)C1. The average molecular weight is 243 g/mol. The summed E-state index contributed by atoms with van der Waals surface area (Å²) in [5.41, 5.74) is 4.10. The molecule has 0 amide bonds. The molecule has 3 aliphatic rings. The van der Waals surface area contributed by atoms with Gasteiger partial charge < -0.3 is 5.32 Å². The smallest absolute Gasteiger partial charge is 0.132 e. The highest BCUT2D eigenvalue weighted by Crippen LogP contribution is 2.43. The zero-order valence-corrected chi connectivity index (χ0v) is 11.1. The standard InChI is InChI=1S/C15H21N3/c1-9-2-3-11(6-9)15-17-13-8-16-7-12(13)14(18-15)10-4-5-10/h9-11,16H,2-8H2,1H3. The van der Waals surface area contributed by atoms with E-state index in [0.29, 0.717) is 5.92 Å². The van der Waals surface area contributed by atoms with Crippen molar-refractivity contribution in [3.8, 4) is 0 Å². The van der Waals surface area contributed by atoms with Crippen molar-refractivity contribution < 1.29 is 0 Å². The predicted octanol–water partition coefficient (Wildman–Crippen LogP) is 2.86. The van der Waals surface area contributed by atoms with Crippen LogP contribution in [-0.4, -0.2) is 9.97 Å². The molecule has 4 rings (SSSR count). The van der Waals surface area contributed by atoms with Crippen LogP contribution in [0, 0.1) is 5.92 Å². The lowest BCUT2D eigenvalue weighted by Gasteiger charge is -2.13. The molecule has 2 heterocycles. The molecule has 96 valence electrons. The molecule has 18 heavy (non-hydrogen) atoms. The average Bonchev–Trinajstić information content (AvgIpc) is 2.94. The topological polar surface area (TPSA) is 37.8 Å². The number of nitrogens with zero attached hydrogens (tertiary/aromatic N) is 2. The fourth-order valence-corrected chi connectivity index (χ4v) is 3.53. The first-order chi connectivity index (χ1) is 8.81. The Balaban J connectivity index is 1.73. The van der Waals surface area contributed by atoms with Crippen molar-refractivity contribution in [1.82, 2.24) is 15.3 Å². The summed E-state index contributed by atoms with van der Waals surface area (Å²) in [6.45, 7) is 4.30. The molecular weight excluding hydrogens is 222 g/mol. The van der Waals surface area contributed by atoms with Crippen molar-refractivity contribution in [2.75, 3.05) is 0 Å². The second kappa shape index (κ2) is 4.02. The van der Waals surface area contributed by atoms with Gasteiger partial charge in [0.05, 0.1) is 11.4 Å². The first-order valence-corrected chi connectivity index (χ1v) is 7.41. The van der Waals surface area contributed by atoms with Gasteiger partial charge in [0, 0.05) is 30.5 Å². The Labute approximate surface area is 108 Å². The van der Waals surface area contributed by atoms with Crippen LogP contribution in [0.5, 0.6) is 0 Å². The number of nitrogens with one attached hydrogen (secondary N) is 1. The summed E-state index contributed by atoms with van der Waals surface area (Å²) < 4.78 is 0. The van der Waals surface area contributed by atoms with E-state index in [4.69, 9.17) is 9.97 Å². The normalized spacial score (nSPS) is 30.7. The Kier molecular flexibility index (Phi) is 2.44. The van der Waals surface area contributed by atoms with Crippen molar-refractivity contribution in [3.63, 3.8) is 0 Å².